The molecule has 0 amide bonds. The summed E-state index contributed by atoms with van der Waals surface area (Å²) in [6, 6.07) is 4.88. The summed E-state index contributed by atoms with van der Waals surface area (Å²) in [5.74, 6) is -10.5. The van der Waals surface area contributed by atoms with Gasteiger partial charge in [-0.1, -0.05) is 37.8 Å². The van der Waals surface area contributed by atoms with Crippen molar-refractivity contribution in [2.75, 3.05) is 13.2 Å². The second-order valence-electron chi connectivity index (χ2n) is 9.68. The monoisotopic (exact) mass is 558 g/mol. The van der Waals surface area contributed by atoms with Gasteiger partial charge in [-0.15, -0.1) is 0 Å². The van der Waals surface area contributed by atoms with Gasteiger partial charge in [-0.3, -0.25) is 0 Å². The zero-order valence-corrected chi connectivity index (χ0v) is 20.3. The number of benzene rings is 3. The zero-order chi connectivity index (χ0) is 27.9. The van der Waals surface area contributed by atoms with Gasteiger partial charge in [-0.25, -0.2) is 26.3 Å². The molecule has 3 aromatic carbocycles. The van der Waals surface area contributed by atoms with Gasteiger partial charge < -0.3 is 14.2 Å². The molecule has 2 aliphatic rings. The maximum absolute atomic E-state index is 15.0. The van der Waals surface area contributed by atoms with E-state index in [1.807, 2.05) is 0 Å². The van der Waals surface area contributed by atoms with Crippen LogP contribution in [0.4, 0.5) is 35.1 Å². The minimum atomic E-state index is -4.75. The first-order chi connectivity index (χ1) is 18.5. The Morgan fingerprint density at radius 1 is 0.692 bits per heavy atom. The van der Waals surface area contributed by atoms with E-state index in [1.54, 1.807) is 0 Å². The molecule has 0 unspecified atom stereocenters. The molecular formula is C28H22F8O3. The maximum atomic E-state index is 15.0. The first-order valence-corrected chi connectivity index (χ1v) is 12.3. The van der Waals surface area contributed by atoms with Crippen LogP contribution in [0, 0.1) is 46.7 Å². The Kier molecular flexibility index (Phi) is 7.56. The number of halogens is 8. The first-order valence-electron chi connectivity index (χ1n) is 12.3. The number of alkyl halides is 2. The summed E-state index contributed by atoms with van der Waals surface area (Å²) < 4.78 is 129. The summed E-state index contributed by atoms with van der Waals surface area (Å²) in [6.45, 7) is 0.925. The van der Waals surface area contributed by atoms with Crippen molar-refractivity contribution in [3.05, 3.63) is 88.5 Å². The average Bonchev–Trinajstić information content (AvgIpc) is 3.41. The van der Waals surface area contributed by atoms with Gasteiger partial charge in [0.25, 0.3) is 0 Å². The van der Waals surface area contributed by atoms with Crippen molar-refractivity contribution in [2.45, 2.75) is 38.1 Å². The fourth-order valence-electron chi connectivity index (χ4n) is 5.12. The van der Waals surface area contributed by atoms with Gasteiger partial charge in [0, 0.05) is 29.2 Å². The Morgan fingerprint density at radius 2 is 1.28 bits per heavy atom. The van der Waals surface area contributed by atoms with Crippen LogP contribution < -0.4 is 4.74 Å². The van der Waals surface area contributed by atoms with E-state index in [2.05, 4.69) is 4.74 Å². The predicted molar refractivity (Wildman–Crippen MR) is 123 cm³/mol. The molecule has 1 aliphatic carbocycles. The summed E-state index contributed by atoms with van der Waals surface area (Å²) in [5, 5.41) is 0. The number of hydrogen-bond acceptors (Lipinski definition) is 3. The number of hydrogen-bond donors (Lipinski definition) is 0. The van der Waals surface area contributed by atoms with Crippen molar-refractivity contribution >= 4 is 0 Å². The molecule has 3 aromatic rings. The molecule has 1 aliphatic heterocycles. The summed E-state index contributed by atoms with van der Waals surface area (Å²) in [5.41, 5.74) is -2.21. The summed E-state index contributed by atoms with van der Waals surface area (Å²) in [7, 11) is 0. The van der Waals surface area contributed by atoms with E-state index in [4.69, 9.17) is 9.47 Å². The van der Waals surface area contributed by atoms with Crippen LogP contribution in [0.15, 0.2) is 42.5 Å². The van der Waals surface area contributed by atoms with Crippen LogP contribution in [-0.2, 0) is 15.6 Å². The van der Waals surface area contributed by atoms with Crippen molar-refractivity contribution in [2.24, 2.45) is 11.8 Å². The number of ether oxygens (including phenoxy) is 3. The van der Waals surface area contributed by atoms with Crippen molar-refractivity contribution < 1.29 is 49.3 Å². The fraction of sp³-hybridized carbons (Fsp3) is 0.357. The van der Waals surface area contributed by atoms with E-state index in [-0.39, 0.29) is 29.2 Å². The van der Waals surface area contributed by atoms with Crippen LogP contribution in [0.5, 0.6) is 5.75 Å². The molecule has 0 atom stereocenters. The van der Waals surface area contributed by atoms with Gasteiger partial charge in [0.05, 0.1) is 13.2 Å². The molecule has 3 nitrogen and oxygen atoms in total. The second-order valence-corrected chi connectivity index (χ2v) is 9.68. The molecule has 5 rings (SSSR count). The quantitative estimate of drug-likeness (QED) is 0.226. The molecule has 1 heterocycles. The van der Waals surface area contributed by atoms with E-state index in [0.29, 0.717) is 36.8 Å². The number of rotatable bonds is 6. The van der Waals surface area contributed by atoms with Gasteiger partial charge >= 0.3 is 6.11 Å². The summed E-state index contributed by atoms with van der Waals surface area (Å²) >= 11 is 0. The highest BCUT2D eigenvalue weighted by atomic mass is 19.3. The second kappa shape index (κ2) is 10.8. The highest BCUT2D eigenvalue weighted by Crippen LogP contribution is 2.39. The third-order valence-electron chi connectivity index (χ3n) is 7.10. The Labute approximate surface area is 218 Å². The van der Waals surface area contributed by atoms with Crippen molar-refractivity contribution in [1.82, 2.24) is 0 Å². The topological polar surface area (TPSA) is 27.7 Å². The SMILES string of the molecule is Fc1cc(C2OCC(C3CCCC3)CO2)ccc1-c1cc(F)c(C(F)(F)Oc2cc(F)c(F)c(F)c2)c(F)c1. The maximum Gasteiger partial charge on any atom is 0.432 e. The van der Waals surface area contributed by atoms with E-state index in [0.717, 1.165) is 18.9 Å². The standard InChI is InChI=1S/C28H22F8O3/c29-20-7-15(27-37-12-17(13-38-27)14-3-1-2-4-14)5-6-19(20)16-8-21(30)25(22(31)9-16)28(35,36)39-18-10-23(32)26(34)24(33)11-18/h5-11,14,17,27H,1-4,12-13H2. The molecule has 208 valence electrons. The van der Waals surface area contributed by atoms with Gasteiger partial charge in [0.15, 0.2) is 23.7 Å². The highest BCUT2D eigenvalue weighted by Gasteiger charge is 2.42. The van der Waals surface area contributed by atoms with Gasteiger partial charge in [-0.2, -0.15) is 8.78 Å². The van der Waals surface area contributed by atoms with Crippen molar-refractivity contribution in [1.29, 1.82) is 0 Å². The Morgan fingerprint density at radius 3 is 1.85 bits per heavy atom. The molecule has 1 saturated heterocycles. The third kappa shape index (κ3) is 5.60. The lowest BCUT2D eigenvalue weighted by atomic mass is 9.91. The predicted octanol–water partition coefficient (Wildman–Crippen LogP) is 8.17. The molecule has 1 saturated carbocycles. The van der Waals surface area contributed by atoms with Gasteiger partial charge in [0.2, 0.25) is 0 Å². The summed E-state index contributed by atoms with van der Waals surface area (Å²) in [4.78, 5) is 0. The van der Waals surface area contributed by atoms with Crippen LogP contribution in [0.25, 0.3) is 11.1 Å². The molecular weight excluding hydrogens is 536 g/mol. The van der Waals surface area contributed by atoms with Crippen LogP contribution in [0.2, 0.25) is 0 Å². The average molecular weight is 558 g/mol. The van der Waals surface area contributed by atoms with Gasteiger partial charge in [-0.05, 0) is 29.7 Å². The lowest BCUT2D eigenvalue weighted by Crippen LogP contribution is -2.31. The largest absolute Gasteiger partial charge is 0.432 e. The third-order valence-corrected chi connectivity index (χ3v) is 7.10. The lowest BCUT2D eigenvalue weighted by molar-refractivity contribution is -0.212. The van der Waals surface area contributed by atoms with E-state index >= 15 is 0 Å². The molecule has 39 heavy (non-hydrogen) atoms. The normalized spacial score (nSPS) is 20.4. The first kappa shape index (κ1) is 27.4. The van der Waals surface area contributed by atoms with Crippen LogP contribution in [0.1, 0.15) is 43.1 Å². The molecule has 11 heteroatoms. The van der Waals surface area contributed by atoms with Crippen LogP contribution in [-0.4, -0.2) is 13.2 Å². The van der Waals surface area contributed by atoms with E-state index < -0.39 is 58.6 Å². The summed E-state index contributed by atoms with van der Waals surface area (Å²) in [6.07, 6.45) is -0.967. The zero-order valence-electron chi connectivity index (χ0n) is 20.3. The van der Waals surface area contributed by atoms with Crippen molar-refractivity contribution in [3.63, 3.8) is 0 Å². The molecule has 0 N–H and O–H groups in total. The van der Waals surface area contributed by atoms with Crippen LogP contribution >= 0.6 is 0 Å². The smallest absolute Gasteiger partial charge is 0.429 e. The minimum Gasteiger partial charge on any atom is -0.429 e. The van der Waals surface area contributed by atoms with Gasteiger partial charge in [0.1, 0.15) is 28.8 Å². The minimum absolute atomic E-state index is 0.0993. The van der Waals surface area contributed by atoms with Crippen molar-refractivity contribution in [3.8, 4) is 16.9 Å². The van der Waals surface area contributed by atoms with E-state index in [1.165, 1.54) is 25.0 Å². The molecule has 0 aromatic heterocycles. The molecule has 0 spiro atoms. The lowest BCUT2D eigenvalue weighted by Gasteiger charge is -2.32. The Balaban J connectivity index is 1.34. The molecule has 0 radical (unpaired) electrons. The Bertz CT molecular complexity index is 1320. The Hall–Kier alpha value is -3.18. The fourth-order valence-corrected chi connectivity index (χ4v) is 5.12. The van der Waals surface area contributed by atoms with E-state index in [9.17, 15) is 35.1 Å². The molecule has 2 fully saturated rings. The van der Waals surface area contributed by atoms with Crippen LogP contribution in [0.3, 0.4) is 0 Å². The highest BCUT2D eigenvalue weighted by molar-refractivity contribution is 5.65. The molecule has 0 bridgehead atoms.